The van der Waals surface area contributed by atoms with Crippen LogP contribution in [0, 0.1) is 5.82 Å². The Kier molecular flexibility index (Phi) is 4.74. The first kappa shape index (κ1) is 15.4. The summed E-state index contributed by atoms with van der Waals surface area (Å²) < 4.78 is 45.5. The molecule has 1 heterocycles. The second-order valence-electron chi connectivity index (χ2n) is 4.84. The fourth-order valence-electron chi connectivity index (χ4n) is 2.21. The lowest BCUT2D eigenvalue weighted by molar-refractivity contribution is 0.0101. The third kappa shape index (κ3) is 3.17. The van der Waals surface area contributed by atoms with E-state index in [-0.39, 0.29) is 24.1 Å². The number of benzene rings is 1. The predicted molar refractivity (Wildman–Crippen MR) is 73.3 cm³/mol. The maximum absolute atomic E-state index is 14.1. The quantitative estimate of drug-likeness (QED) is 0.900. The molecule has 1 aliphatic rings. The van der Waals surface area contributed by atoms with Gasteiger partial charge in [-0.1, -0.05) is 6.07 Å². The molecule has 1 atom stereocenters. The minimum Gasteiger partial charge on any atom is -0.376 e. The molecule has 0 saturated carbocycles. The smallest absolute Gasteiger partial charge is 0.246 e. The first-order valence-electron chi connectivity index (χ1n) is 6.50. The summed E-state index contributed by atoms with van der Waals surface area (Å²) in [5.41, 5.74) is 0.708. The topological polar surface area (TPSA) is 58.6 Å². The van der Waals surface area contributed by atoms with Crippen molar-refractivity contribution >= 4 is 10.0 Å². The summed E-state index contributed by atoms with van der Waals surface area (Å²) in [6.07, 6.45) is -0.176. The molecule has 112 valence electrons. The lowest BCUT2D eigenvalue weighted by atomic mass is 10.2. The highest BCUT2D eigenvalue weighted by atomic mass is 32.2. The van der Waals surface area contributed by atoms with Crippen molar-refractivity contribution in [3.8, 4) is 0 Å². The summed E-state index contributed by atoms with van der Waals surface area (Å²) in [6, 6.07) is 4.21. The molecule has 0 bridgehead atoms. The molecule has 0 amide bonds. The summed E-state index contributed by atoms with van der Waals surface area (Å²) >= 11 is 0. The minimum atomic E-state index is -3.80. The summed E-state index contributed by atoms with van der Waals surface area (Å²) in [7, 11) is -2.05. The maximum atomic E-state index is 14.1. The summed E-state index contributed by atoms with van der Waals surface area (Å²) in [5, 5.41) is 2.90. The Bertz CT molecular complexity index is 577. The predicted octanol–water partition coefficient (Wildman–Crippen LogP) is 0.954. The van der Waals surface area contributed by atoms with E-state index in [1.54, 1.807) is 20.0 Å². The van der Waals surface area contributed by atoms with Gasteiger partial charge in [0, 0.05) is 19.6 Å². The number of nitrogens with one attached hydrogen (secondary N) is 1. The van der Waals surface area contributed by atoms with Gasteiger partial charge in [-0.3, -0.25) is 0 Å². The lowest BCUT2D eigenvalue weighted by Gasteiger charge is -2.30. The largest absolute Gasteiger partial charge is 0.376 e. The van der Waals surface area contributed by atoms with Gasteiger partial charge in [-0.05, 0) is 31.7 Å². The Morgan fingerprint density at radius 3 is 2.85 bits per heavy atom. The second-order valence-corrected chi connectivity index (χ2v) is 6.75. The van der Waals surface area contributed by atoms with E-state index in [4.69, 9.17) is 4.74 Å². The van der Waals surface area contributed by atoms with E-state index in [1.165, 1.54) is 16.4 Å². The van der Waals surface area contributed by atoms with Crippen molar-refractivity contribution in [1.29, 1.82) is 0 Å². The Morgan fingerprint density at radius 2 is 2.25 bits per heavy atom. The van der Waals surface area contributed by atoms with Gasteiger partial charge in [0.05, 0.1) is 12.7 Å². The van der Waals surface area contributed by atoms with E-state index in [1.807, 2.05) is 0 Å². The van der Waals surface area contributed by atoms with E-state index >= 15 is 0 Å². The zero-order chi connectivity index (χ0) is 14.8. The molecular weight excluding hydrogens is 283 g/mol. The highest BCUT2D eigenvalue weighted by molar-refractivity contribution is 7.89. The van der Waals surface area contributed by atoms with Crippen LogP contribution < -0.4 is 5.32 Å². The van der Waals surface area contributed by atoms with Crippen LogP contribution in [0.25, 0.3) is 0 Å². The maximum Gasteiger partial charge on any atom is 0.246 e. The van der Waals surface area contributed by atoms with Crippen LogP contribution in [0.4, 0.5) is 4.39 Å². The fraction of sp³-hybridized carbons (Fsp3) is 0.538. The van der Waals surface area contributed by atoms with Gasteiger partial charge in [-0.2, -0.15) is 4.31 Å². The molecule has 1 aromatic carbocycles. The number of nitrogens with zero attached hydrogens (tertiary/aromatic N) is 1. The zero-order valence-electron chi connectivity index (χ0n) is 11.6. The molecule has 1 unspecified atom stereocenters. The summed E-state index contributed by atoms with van der Waals surface area (Å²) in [5.74, 6) is -0.711. The van der Waals surface area contributed by atoms with Gasteiger partial charge in [-0.15, -0.1) is 0 Å². The average molecular weight is 302 g/mol. The minimum absolute atomic E-state index is 0.176. The molecule has 1 fully saturated rings. The molecule has 2 rings (SSSR count). The molecular formula is C13H19FN2O3S. The Labute approximate surface area is 118 Å². The standard InChI is InChI=1S/C13H19FN2O3S/c1-10-9-16(5-6-19-10)20(17,18)13-4-3-11(8-15-2)7-12(13)14/h3-4,7,10,15H,5-6,8-9H2,1-2H3. The fourth-order valence-corrected chi connectivity index (χ4v) is 3.76. The van der Waals surface area contributed by atoms with Gasteiger partial charge in [0.1, 0.15) is 10.7 Å². The number of sulfonamides is 1. The van der Waals surface area contributed by atoms with Crippen molar-refractivity contribution in [3.63, 3.8) is 0 Å². The van der Waals surface area contributed by atoms with Gasteiger partial charge < -0.3 is 10.1 Å². The van der Waals surface area contributed by atoms with Crippen molar-refractivity contribution < 1.29 is 17.5 Å². The highest BCUT2D eigenvalue weighted by Gasteiger charge is 2.31. The first-order chi connectivity index (χ1) is 9.45. The van der Waals surface area contributed by atoms with Crippen LogP contribution in [0.2, 0.25) is 0 Å². The third-order valence-corrected chi connectivity index (χ3v) is 5.10. The molecule has 0 radical (unpaired) electrons. The number of rotatable bonds is 4. The van der Waals surface area contributed by atoms with Crippen LogP contribution in [0.15, 0.2) is 23.1 Å². The van der Waals surface area contributed by atoms with Gasteiger partial charge in [0.15, 0.2) is 0 Å². The molecule has 20 heavy (non-hydrogen) atoms. The van der Waals surface area contributed by atoms with Crippen molar-refractivity contribution in [1.82, 2.24) is 9.62 Å². The van der Waals surface area contributed by atoms with Gasteiger partial charge in [0.25, 0.3) is 0 Å². The van der Waals surface area contributed by atoms with Gasteiger partial charge in [0.2, 0.25) is 10.0 Å². The Balaban J connectivity index is 2.29. The number of ether oxygens (including phenoxy) is 1. The zero-order valence-corrected chi connectivity index (χ0v) is 12.4. The summed E-state index contributed by atoms with van der Waals surface area (Å²) in [4.78, 5) is -0.272. The molecule has 1 aromatic rings. The average Bonchev–Trinajstić information content (AvgIpc) is 2.39. The van der Waals surface area contributed by atoms with Gasteiger partial charge >= 0.3 is 0 Å². The van der Waals surface area contributed by atoms with Crippen molar-refractivity contribution in [2.75, 3.05) is 26.7 Å². The van der Waals surface area contributed by atoms with E-state index in [9.17, 15) is 12.8 Å². The van der Waals surface area contributed by atoms with Crippen LogP contribution in [0.5, 0.6) is 0 Å². The van der Waals surface area contributed by atoms with E-state index < -0.39 is 15.8 Å². The van der Waals surface area contributed by atoms with E-state index in [0.29, 0.717) is 18.7 Å². The molecule has 1 saturated heterocycles. The van der Waals surface area contributed by atoms with Crippen LogP contribution in [-0.2, 0) is 21.3 Å². The summed E-state index contributed by atoms with van der Waals surface area (Å²) in [6.45, 7) is 3.13. The molecule has 0 aromatic heterocycles. The molecule has 0 spiro atoms. The second kappa shape index (κ2) is 6.17. The van der Waals surface area contributed by atoms with E-state index in [2.05, 4.69) is 5.32 Å². The van der Waals surface area contributed by atoms with Crippen LogP contribution in [0.3, 0.4) is 0 Å². The Hall–Kier alpha value is -1.02. The lowest BCUT2D eigenvalue weighted by Crippen LogP contribution is -2.44. The number of halogens is 1. The van der Waals surface area contributed by atoms with Crippen LogP contribution in [-0.4, -0.2) is 45.6 Å². The van der Waals surface area contributed by atoms with Crippen LogP contribution >= 0.6 is 0 Å². The monoisotopic (exact) mass is 302 g/mol. The SMILES string of the molecule is CNCc1ccc(S(=O)(=O)N2CCOC(C)C2)c(F)c1. The van der Waals surface area contributed by atoms with Crippen molar-refractivity contribution in [2.45, 2.75) is 24.5 Å². The number of morpholine rings is 1. The third-order valence-electron chi connectivity index (χ3n) is 3.20. The number of hydrogen-bond acceptors (Lipinski definition) is 4. The Morgan fingerprint density at radius 1 is 1.50 bits per heavy atom. The number of hydrogen-bond donors (Lipinski definition) is 1. The van der Waals surface area contributed by atoms with Crippen LogP contribution in [0.1, 0.15) is 12.5 Å². The molecule has 0 aliphatic carbocycles. The molecule has 7 heteroatoms. The molecule has 1 aliphatic heterocycles. The van der Waals surface area contributed by atoms with E-state index in [0.717, 1.165) is 0 Å². The van der Waals surface area contributed by atoms with Gasteiger partial charge in [-0.25, -0.2) is 12.8 Å². The van der Waals surface area contributed by atoms with Crippen molar-refractivity contribution in [2.24, 2.45) is 0 Å². The molecule has 5 nitrogen and oxygen atoms in total. The normalized spacial score (nSPS) is 21.1. The first-order valence-corrected chi connectivity index (χ1v) is 7.94. The highest BCUT2D eigenvalue weighted by Crippen LogP contribution is 2.22. The molecule has 1 N–H and O–H groups in total. The van der Waals surface area contributed by atoms with Crippen molar-refractivity contribution in [3.05, 3.63) is 29.6 Å².